The number of carbonyl (C=O) groups is 1. The molecule has 1 aliphatic heterocycles. The molecule has 0 bridgehead atoms. The Kier molecular flexibility index (Phi) is 5.14. The average molecular weight is 363 g/mol. The Labute approximate surface area is 157 Å². The van der Waals surface area contributed by atoms with Gasteiger partial charge in [-0.1, -0.05) is 30.3 Å². The van der Waals surface area contributed by atoms with Crippen LogP contribution in [0.2, 0.25) is 0 Å². The number of piperidine rings is 1. The molecule has 1 aliphatic rings. The normalized spacial score (nSPS) is 15.3. The summed E-state index contributed by atoms with van der Waals surface area (Å²) in [6, 6.07) is 17.0. The highest BCUT2D eigenvalue weighted by Crippen LogP contribution is 2.27. The Hall–Kier alpha value is -3.15. The zero-order valence-electron chi connectivity index (χ0n) is 15.0. The standard InChI is InChI=1S/C21H21N3O3/c25-21(24-13-5-2-6-14-24)19(16-7-3-1-4-8-16)27-18-11-9-17(10-12-18)20-23-22-15-26-20/h1,3-4,7-12,15,19H,2,5-6,13-14H2/t19-/m0/s1. The van der Waals surface area contributed by atoms with Gasteiger partial charge >= 0.3 is 0 Å². The van der Waals surface area contributed by atoms with Crippen LogP contribution in [-0.4, -0.2) is 34.1 Å². The number of hydrogen-bond acceptors (Lipinski definition) is 5. The topological polar surface area (TPSA) is 68.5 Å². The number of benzene rings is 2. The molecule has 1 atom stereocenters. The minimum atomic E-state index is -0.654. The predicted octanol–water partition coefficient (Wildman–Crippen LogP) is 3.87. The van der Waals surface area contributed by atoms with Gasteiger partial charge in [0.1, 0.15) is 5.75 Å². The van der Waals surface area contributed by atoms with Gasteiger partial charge in [0.15, 0.2) is 0 Å². The number of rotatable bonds is 5. The van der Waals surface area contributed by atoms with Crippen LogP contribution in [0.5, 0.6) is 5.75 Å². The van der Waals surface area contributed by atoms with E-state index in [0.29, 0.717) is 11.6 Å². The van der Waals surface area contributed by atoms with Crippen molar-refractivity contribution in [1.29, 1.82) is 0 Å². The van der Waals surface area contributed by atoms with Gasteiger partial charge in [-0.2, -0.15) is 0 Å². The Morgan fingerprint density at radius 1 is 1.00 bits per heavy atom. The first kappa shape index (κ1) is 17.3. The highest BCUT2D eigenvalue weighted by atomic mass is 16.5. The molecule has 0 N–H and O–H groups in total. The summed E-state index contributed by atoms with van der Waals surface area (Å²) >= 11 is 0. The predicted molar refractivity (Wildman–Crippen MR) is 100.0 cm³/mol. The van der Waals surface area contributed by atoms with Crippen LogP contribution in [0.15, 0.2) is 65.4 Å². The van der Waals surface area contributed by atoms with Crippen molar-refractivity contribution in [2.75, 3.05) is 13.1 Å². The van der Waals surface area contributed by atoms with Gasteiger partial charge in [0.2, 0.25) is 18.4 Å². The van der Waals surface area contributed by atoms with Gasteiger partial charge in [-0.05, 0) is 43.5 Å². The smallest absolute Gasteiger partial charge is 0.268 e. The van der Waals surface area contributed by atoms with E-state index in [4.69, 9.17) is 9.15 Å². The van der Waals surface area contributed by atoms with Crippen LogP contribution < -0.4 is 4.74 Å². The van der Waals surface area contributed by atoms with Gasteiger partial charge in [0, 0.05) is 24.2 Å². The molecule has 0 saturated carbocycles. The first-order valence-electron chi connectivity index (χ1n) is 9.18. The second kappa shape index (κ2) is 8.03. The second-order valence-corrected chi connectivity index (χ2v) is 6.56. The van der Waals surface area contributed by atoms with E-state index in [1.807, 2.05) is 59.5 Å². The van der Waals surface area contributed by atoms with Crippen LogP contribution in [0, 0.1) is 0 Å². The van der Waals surface area contributed by atoms with Crippen LogP contribution in [0.3, 0.4) is 0 Å². The third-order valence-electron chi connectivity index (χ3n) is 4.71. The summed E-state index contributed by atoms with van der Waals surface area (Å²) in [5.74, 6) is 1.09. The monoisotopic (exact) mass is 363 g/mol. The van der Waals surface area contributed by atoms with Gasteiger partial charge in [0.05, 0.1) is 0 Å². The Morgan fingerprint density at radius 2 is 1.74 bits per heavy atom. The van der Waals surface area contributed by atoms with Gasteiger partial charge < -0.3 is 14.1 Å². The van der Waals surface area contributed by atoms with Gasteiger partial charge in [-0.15, -0.1) is 10.2 Å². The SMILES string of the molecule is O=C([C@@H](Oc1ccc(-c2nnco2)cc1)c1ccccc1)N1CCCCC1. The van der Waals surface area contributed by atoms with Gasteiger partial charge in [-0.25, -0.2) is 0 Å². The molecular weight excluding hydrogens is 342 g/mol. The molecule has 0 unspecified atom stereocenters. The third-order valence-corrected chi connectivity index (χ3v) is 4.71. The van der Waals surface area contributed by atoms with E-state index in [-0.39, 0.29) is 5.91 Å². The van der Waals surface area contributed by atoms with Crippen molar-refractivity contribution in [2.45, 2.75) is 25.4 Å². The van der Waals surface area contributed by atoms with E-state index in [9.17, 15) is 4.79 Å². The third kappa shape index (κ3) is 4.00. The lowest BCUT2D eigenvalue weighted by atomic mass is 10.1. The Morgan fingerprint density at radius 3 is 2.41 bits per heavy atom. The molecule has 6 nitrogen and oxygen atoms in total. The lowest BCUT2D eigenvalue weighted by Gasteiger charge is -2.30. The molecule has 27 heavy (non-hydrogen) atoms. The quantitative estimate of drug-likeness (QED) is 0.688. The molecule has 1 aromatic heterocycles. The molecule has 138 valence electrons. The minimum Gasteiger partial charge on any atom is -0.476 e. The molecule has 2 aromatic carbocycles. The average Bonchev–Trinajstić information content (AvgIpc) is 3.28. The van der Waals surface area contributed by atoms with E-state index in [0.717, 1.165) is 37.1 Å². The molecule has 0 spiro atoms. The first-order chi connectivity index (χ1) is 13.3. The Bertz CT molecular complexity index is 857. The highest BCUT2D eigenvalue weighted by molar-refractivity contribution is 5.82. The number of likely N-dealkylation sites (tertiary alicyclic amines) is 1. The van der Waals surface area contributed by atoms with Crippen molar-refractivity contribution < 1.29 is 13.9 Å². The van der Waals surface area contributed by atoms with E-state index < -0.39 is 6.10 Å². The summed E-state index contributed by atoms with van der Waals surface area (Å²) in [5.41, 5.74) is 1.66. The van der Waals surface area contributed by atoms with E-state index in [1.54, 1.807) is 0 Å². The van der Waals surface area contributed by atoms with Crippen molar-refractivity contribution in [2.24, 2.45) is 0 Å². The fourth-order valence-electron chi connectivity index (χ4n) is 3.28. The lowest BCUT2D eigenvalue weighted by Crippen LogP contribution is -2.40. The summed E-state index contributed by atoms with van der Waals surface area (Å²) in [4.78, 5) is 15.0. The summed E-state index contributed by atoms with van der Waals surface area (Å²) in [6.07, 6.45) is 3.91. The number of nitrogens with zero attached hydrogens (tertiary/aromatic N) is 3. The molecule has 0 aliphatic carbocycles. The van der Waals surface area contributed by atoms with Crippen molar-refractivity contribution in [1.82, 2.24) is 15.1 Å². The van der Waals surface area contributed by atoms with Crippen LogP contribution in [-0.2, 0) is 4.79 Å². The maximum Gasteiger partial charge on any atom is 0.268 e. The Balaban J connectivity index is 1.56. The van der Waals surface area contributed by atoms with Crippen LogP contribution in [0.1, 0.15) is 30.9 Å². The van der Waals surface area contributed by atoms with Gasteiger partial charge in [0.25, 0.3) is 5.91 Å². The lowest BCUT2D eigenvalue weighted by molar-refractivity contribution is -0.140. The van der Waals surface area contributed by atoms with Crippen molar-refractivity contribution >= 4 is 5.91 Å². The van der Waals surface area contributed by atoms with E-state index in [1.165, 1.54) is 12.8 Å². The number of carbonyl (C=O) groups excluding carboxylic acids is 1. The fraction of sp³-hybridized carbons (Fsp3) is 0.286. The van der Waals surface area contributed by atoms with E-state index in [2.05, 4.69) is 10.2 Å². The summed E-state index contributed by atoms with van der Waals surface area (Å²) < 4.78 is 11.3. The van der Waals surface area contributed by atoms with Crippen molar-refractivity contribution in [3.8, 4) is 17.2 Å². The van der Waals surface area contributed by atoms with Crippen LogP contribution in [0.4, 0.5) is 0 Å². The molecule has 6 heteroatoms. The molecule has 2 heterocycles. The van der Waals surface area contributed by atoms with Crippen LogP contribution in [0.25, 0.3) is 11.5 Å². The summed E-state index contributed by atoms with van der Waals surface area (Å²) in [5, 5.41) is 7.58. The molecular formula is C21H21N3O3. The summed E-state index contributed by atoms with van der Waals surface area (Å²) in [7, 11) is 0. The molecule has 1 fully saturated rings. The molecule has 4 rings (SSSR count). The number of amides is 1. The van der Waals surface area contributed by atoms with Crippen LogP contribution >= 0.6 is 0 Å². The molecule has 3 aromatic rings. The minimum absolute atomic E-state index is 0.0156. The fourth-order valence-corrected chi connectivity index (χ4v) is 3.28. The molecule has 1 saturated heterocycles. The zero-order chi connectivity index (χ0) is 18.5. The maximum absolute atomic E-state index is 13.1. The van der Waals surface area contributed by atoms with Crippen molar-refractivity contribution in [3.05, 3.63) is 66.6 Å². The number of aromatic nitrogens is 2. The van der Waals surface area contributed by atoms with Crippen molar-refractivity contribution in [3.63, 3.8) is 0 Å². The highest BCUT2D eigenvalue weighted by Gasteiger charge is 2.28. The molecule has 1 amide bonds. The number of ether oxygens (including phenoxy) is 1. The summed E-state index contributed by atoms with van der Waals surface area (Å²) in [6.45, 7) is 1.59. The largest absolute Gasteiger partial charge is 0.476 e. The second-order valence-electron chi connectivity index (χ2n) is 6.56. The van der Waals surface area contributed by atoms with E-state index >= 15 is 0 Å². The zero-order valence-corrected chi connectivity index (χ0v) is 15.0. The maximum atomic E-state index is 13.1. The molecule has 0 radical (unpaired) electrons. The van der Waals surface area contributed by atoms with Gasteiger partial charge in [-0.3, -0.25) is 4.79 Å². The number of hydrogen-bond donors (Lipinski definition) is 0. The first-order valence-corrected chi connectivity index (χ1v) is 9.18.